The minimum absolute atomic E-state index is 0.0410. The number of fused-ring (bicyclic) bond motifs is 2. The SMILES string of the molecule is O=C(O)[C@H]1[C@H](C(=O)Nc2cccc(C(F)(F)F)c2)[C@H]2C=C[C@H]1O2. The number of rotatable bonds is 3. The highest BCUT2D eigenvalue weighted by Crippen LogP contribution is 2.40. The van der Waals surface area contributed by atoms with Gasteiger partial charge in [0, 0.05) is 5.69 Å². The highest BCUT2D eigenvalue weighted by atomic mass is 19.4. The second-order valence-corrected chi connectivity index (χ2v) is 5.41. The Labute approximate surface area is 128 Å². The third-order valence-electron chi connectivity index (χ3n) is 3.94. The molecule has 2 bridgehead atoms. The zero-order valence-corrected chi connectivity index (χ0v) is 11.6. The number of ether oxygens (including phenoxy) is 1. The van der Waals surface area contributed by atoms with Crippen LogP contribution in [-0.2, 0) is 20.5 Å². The van der Waals surface area contributed by atoms with Crippen LogP contribution in [0.2, 0.25) is 0 Å². The van der Waals surface area contributed by atoms with Crippen molar-refractivity contribution < 1.29 is 32.6 Å². The Morgan fingerprint density at radius 2 is 1.78 bits per heavy atom. The Bertz CT molecular complexity index is 686. The van der Waals surface area contributed by atoms with Crippen LogP contribution in [-0.4, -0.2) is 29.2 Å². The number of aliphatic carboxylic acids is 1. The fourth-order valence-electron chi connectivity index (χ4n) is 2.91. The van der Waals surface area contributed by atoms with E-state index in [1.807, 2.05) is 0 Å². The van der Waals surface area contributed by atoms with E-state index in [4.69, 9.17) is 4.74 Å². The molecule has 122 valence electrons. The van der Waals surface area contributed by atoms with Crippen molar-refractivity contribution in [2.45, 2.75) is 18.4 Å². The maximum atomic E-state index is 12.7. The normalized spacial score (nSPS) is 28.8. The van der Waals surface area contributed by atoms with E-state index in [9.17, 15) is 27.9 Å². The van der Waals surface area contributed by atoms with Crippen molar-refractivity contribution >= 4 is 17.6 Å². The van der Waals surface area contributed by atoms with Crippen LogP contribution in [0.1, 0.15) is 5.56 Å². The van der Waals surface area contributed by atoms with Crippen LogP contribution in [0.5, 0.6) is 0 Å². The molecular formula is C15H12F3NO4. The summed E-state index contributed by atoms with van der Waals surface area (Å²) < 4.78 is 43.4. The molecule has 0 saturated carbocycles. The molecule has 1 fully saturated rings. The predicted octanol–water partition coefficient (Wildman–Crippen LogP) is 2.30. The number of hydrogen-bond acceptors (Lipinski definition) is 3. The molecule has 2 N–H and O–H groups in total. The molecule has 2 heterocycles. The van der Waals surface area contributed by atoms with Crippen LogP contribution in [0.25, 0.3) is 0 Å². The van der Waals surface area contributed by atoms with Gasteiger partial charge in [-0.05, 0) is 18.2 Å². The minimum Gasteiger partial charge on any atom is -0.481 e. The van der Waals surface area contributed by atoms with Gasteiger partial charge in [-0.25, -0.2) is 0 Å². The fourth-order valence-corrected chi connectivity index (χ4v) is 2.91. The number of carboxylic acid groups (broad SMARTS) is 1. The average Bonchev–Trinajstić information content (AvgIpc) is 3.07. The van der Waals surface area contributed by atoms with Gasteiger partial charge in [-0.15, -0.1) is 0 Å². The summed E-state index contributed by atoms with van der Waals surface area (Å²) in [5, 5.41) is 11.6. The van der Waals surface area contributed by atoms with E-state index in [1.54, 1.807) is 12.2 Å². The van der Waals surface area contributed by atoms with E-state index in [2.05, 4.69) is 5.32 Å². The molecule has 2 aliphatic rings. The summed E-state index contributed by atoms with van der Waals surface area (Å²) in [6.07, 6.45) is -2.71. The Morgan fingerprint density at radius 3 is 2.39 bits per heavy atom. The summed E-state index contributed by atoms with van der Waals surface area (Å²) in [7, 11) is 0. The lowest BCUT2D eigenvalue weighted by molar-refractivity contribution is -0.145. The van der Waals surface area contributed by atoms with Crippen molar-refractivity contribution in [1.29, 1.82) is 0 Å². The van der Waals surface area contributed by atoms with Gasteiger partial charge < -0.3 is 15.2 Å². The number of benzene rings is 1. The van der Waals surface area contributed by atoms with Crippen molar-refractivity contribution in [3.8, 4) is 0 Å². The molecule has 8 heteroatoms. The van der Waals surface area contributed by atoms with Crippen LogP contribution < -0.4 is 5.32 Å². The highest BCUT2D eigenvalue weighted by Gasteiger charge is 2.53. The van der Waals surface area contributed by atoms with Crippen molar-refractivity contribution in [3.63, 3.8) is 0 Å². The number of alkyl halides is 3. The third kappa shape index (κ3) is 2.81. The maximum absolute atomic E-state index is 12.7. The molecule has 0 radical (unpaired) electrons. The van der Waals surface area contributed by atoms with Crippen LogP contribution in [0.4, 0.5) is 18.9 Å². The number of halogens is 3. The van der Waals surface area contributed by atoms with Gasteiger partial charge in [0.15, 0.2) is 0 Å². The Hall–Kier alpha value is -2.35. The summed E-state index contributed by atoms with van der Waals surface area (Å²) >= 11 is 0. The van der Waals surface area contributed by atoms with E-state index >= 15 is 0 Å². The molecule has 0 aliphatic carbocycles. The lowest BCUT2D eigenvalue weighted by Gasteiger charge is -2.21. The van der Waals surface area contributed by atoms with Gasteiger partial charge in [-0.2, -0.15) is 13.2 Å². The van der Waals surface area contributed by atoms with Gasteiger partial charge >= 0.3 is 12.1 Å². The van der Waals surface area contributed by atoms with Crippen molar-refractivity contribution in [2.24, 2.45) is 11.8 Å². The second-order valence-electron chi connectivity index (χ2n) is 5.41. The van der Waals surface area contributed by atoms with Gasteiger partial charge in [0.05, 0.1) is 23.7 Å². The summed E-state index contributed by atoms with van der Waals surface area (Å²) in [5.74, 6) is -3.87. The molecule has 1 saturated heterocycles. The van der Waals surface area contributed by atoms with Crippen LogP contribution in [0.3, 0.4) is 0 Å². The van der Waals surface area contributed by atoms with Gasteiger partial charge in [0.25, 0.3) is 0 Å². The van der Waals surface area contributed by atoms with E-state index in [0.29, 0.717) is 0 Å². The molecule has 0 aromatic heterocycles. The molecule has 3 rings (SSSR count). The molecule has 2 aliphatic heterocycles. The molecule has 0 unspecified atom stereocenters. The smallest absolute Gasteiger partial charge is 0.416 e. The number of carbonyl (C=O) groups excluding carboxylic acids is 1. The molecule has 0 spiro atoms. The summed E-state index contributed by atoms with van der Waals surface area (Å²) in [5.41, 5.74) is -0.935. The monoisotopic (exact) mass is 327 g/mol. The summed E-state index contributed by atoms with van der Waals surface area (Å²) in [4.78, 5) is 23.6. The number of carboxylic acids is 1. The Morgan fingerprint density at radius 1 is 1.13 bits per heavy atom. The van der Waals surface area contributed by atoms with E-state index in [0.717, 1.165) is 12.1 Å². The highest BCUT2D eigenvalue weighted by molar-refractivity contribution is 5.96. The van der Waals surface area contributed by atoms with E-state index in [-0.39, 0.29) is 5.69 Å². The molecule has 1 amide bonds. The van der Waals surface area contributed by atoms with Crippen LogP contribution >= 0.6 is 0 Å². The minimum atomic E-state index is -4.53. The van der Waals surface area contributed by atoms with Crippen molar-refractivity contribution in [2.75, 3.05) is 5.32 Å². The first-order valence-corrected chi connectivity index (χ1v) is 6.82. The molecule has 4 atom stereocenters. The van der Waals surface area contributed by atoms with Gasteiger partial charge in [0.2, 0.25) is 5.91 Å². The number of amides is 1. The number of nitrogens with one attached hydrogen (secondary N) is 1. The molecule has 1 aromatic carbocycles. The zero-order valence-electron chi connectivity index (χ0n) is 11.6. The largest absolute Gasteiger partial charge is 0.481 e. The first-order chi connectivity index (χ1) is 10.8. The Kier molecular flexibility index (Phi) is 3.63. The number of anilines is 1. The summed E-state index contributed by atoms with van der Waals surface area (Å²) in [6.45, 7) is 0. The van der Waals surface area contributed by atoms with Crippen LogP contribution in [0, 0.1) is 11.8 Å². The fraction of sp³-hybridized carbons (Fsp3) is 0.333. The van der Waals surface area contributed by atoms with Gasteiger partial charge in [0.1, 0.15) is 5.92 Å². The van der Waals surface area contributed by atoms with Gasteiger partial charge in [-0.1, -0.05) is 18.2 Å². The quantitative estimate of drug-likeness (QED) is 0.835. The summed E-state index contributed by atoms with van der Waals surface area (Å²) in [6, 6.07) is 4.17. The second kappa shape index (κ2) is 5.38. The van der Waals surface area contributed by atoms with E-state index in [1.165, 1.54) is 12.1 Å². The first-order valence-electron chi connectivity index (χ1n) is 6.82. The average molecular weight is 327 g/mol. The van der Waals surface area contributed by atoms with Crippen LogP contribution in [0.15, 0.2) is 36.4 Å². The lowest BCUT2D eigenvalue weighted by Crippen LogP contribution is -2.39. The van der Waals surface area contributed by atoms with Crippen molar-refractivity contribution in [3.05, 3.63) is 42.0 Å². The maximum Gasteiger partial charge on any atom is 0.416 e. The molecule has 5 nitrogen and oxygen atoms in total. The molecule has 23 heavy (non-hydrogen) atoms. The van der Waals surface area contributed by atoms with E-state index < -0.39 is 47.7 Å². The standard InChI is InChI=1S/C15H12F3NO4/c16-15(17,18)7-2-1-3-8(6-7)19-13(20)11-9-4-5-10(23-9)12(11)14(21)22/h1-6,9-12H,(H,19,20)(H,21,22)/t9-,10-,11-,12-/m1/s1. The lowest BCUT2D eigenvalue weighted by atomic mass is 9.82. The number of carbonyl (C=O) groups is 2. The topological polar surface area (TPSA) is 75.6 Å². The van der Waals surface area contributed by atoms with Crippen molar-refractivity contribution in [1.82, 2.24) is 0 Å². The zero-order chi connectivity index (χ0) is 16.8. The van der Waals surface area contributed by atoms with Gasteiger partial charge in [-0.3, -0.25) is 9.59 Å². The number of hydrogen-bond donors (Lipinski definition) is 2. The third-order valence-corrected chi connectivity index (χ3v) is 3.94. The predicted molar refractivity (Wildman–Crippen MR) is 72.5 cm³/mol. The first kappa shape index (κ1) is 15.5. The molecule has 1 aromatic rings. The Balaban J connectivity index is 1.80. The molecular weight excluding hydrogens is 315 g/mol.